The number of halogens is 1. The van der Waals surface area contributed by atoms with Crippen LogP contribution in [0.1, 0.15) is 25.8 Å². The highest BCUT2D eigenvalue weighted by molar-refractivity contribution is 6.31. The Bertz CT molecular complexity index is 1060. The van der Waals surface area contributed by atoms with Crippen LogP contribution in [0.2, 0.25) is 5.02 Å². The van der Waals surface area contributed by atoms with Crippen LogP contribution in [0.15, 0.2) is 48.5 Å². The molecule has 0 saturated carbocycles. The minimum Gasteiger partial charge on any atom is -0.366 e. The van der Waals surface area contributed by atoms with Crippen LogP contribution < -0.4 is 10.2 Å². The lowest BCUT2D eigenvalue weighted by atomic mass is 10.1. The van der Waals surface area contributed by atoms with Crippen LogP contribution in [0, 0.1) is 16.0 Å². The number of amides is 2. The number of nitrogens with zero attached hydrogens (tertiary/aromatic N) is 3. The van der Waals surface area contributed by atoms with Gasteiger partial charge in [-0.2, -0.15) is 0 Å². The minimum absolute atomic E-state index is 0.0410. The third kappa shape index (κ3) is 6.79. The second-order valence-electron chi connectivity index (χ2n) is 8.30. The average molecular weight is 471 g/mol. The van der Waals surface area contributed by atoms with Gasteiger partial charge in [0, 0.05) is 55.8 Å². The Balaban J connectivity index is 1.68. The fourth-order valence-electron chi connectivity index (χ4n) is 3.65. The Morgan fingerprint density at radius 3 is 2.55 bits per heavy atom. The molecule has 3 rings (SSSR count). The first-order valence-electron chi connectivity index (χ1n) is 10.8. The molecule has 0 atom stereocenters. The van der Waals surface area contributed by atoms with Gasteiger partial charge in [-0.25, -0.2) is 0 Å². The summed E-state index contributed by atoms with van der Waals surface area (Å²) in [4.78, 5) is 39.3. The van der Waals surface area contributed by atoms with Gasteiger partial charge in [0.2, 0.25) is 11.8 Å². The Labute approximate surface area is 198 Å². The normalized spacial score (nSPS) is 14.1. The molecule has 2 amide bonds. The number of nitrogens with one attached hydrogen (secondary N) is 1. The van der Waals surface area contributed by atoms with Crippen molar-refractivity contribution in [2.75, 3.05) is 36.4 Å². The monoisotopic (exact) mass is 470 g/mol. The number of hydrogen-bond acceptors (Lipinski definition) is 5. The van der Waals surface area contributed by atoms with Crippen LogP contribution in [0.25, 0.3) is 6.08 Å². The summed E-state index contributed by atoms with van der Waals surface area (Å²) in [6, 6.07) is 11.3. The number of benzene rings is 2. The molecule has 1 aliphatic rings. The molecule has 2 aromatic rings. The van der Waals surface area contributed by atoms with Gasteiger partial charge < -0.3 is 15.1 Å². The Morgan fingerprint density at radius 1 is 1.15 bits per heavy atom. The van der Waals surface area contributed by atoms with Gasteiger partial charge >= 0.3 is 0 Å². The number of non-ortho nitro benzene ring substituents is 1. The number of nitro groups is 1. The number of piperazine rings is 1. The second kappa shape index (κ2) is 11.0. The molecule has 33 heavy (non-hydrogen) atoms. The van der Waals surface area contributed by atoms with E-state index < -0.39 is 4.92 Å². The lowest BCUT2D eigenvalue weighted by molar-refractivity contribution is -0.384. The van der Waals surface area contributed by atoms with E-state index in [4.69, 9.17) is 11.6 Å². The first kappa shape index (κ1) is 24.3. The summed E-state index contributed by atoms with van der Waals surface area (Å²) in [6.07, 6.45) is 3.39. The van der Waals surface area contributed by atoms with Crippen LogP contribution in [0.3, 0.4) is 0 Å². The van der Waals surface area contributed by atoms with E-state index in [0.717, 1.165) is 5.69 Å². The van der Waals surface area contributed by atoms with E-state index in [1.807, 2.05) is 24.8 Å². The Morgan fingerprint density at radius 2 is 1.88 bits per heavy atom. The van der Waals surface area contributed by atoms with Crippen LogP contribution in [0.4, 0.5) is 17.1 Å². The second-order valence-corrected chi connectivity index (χ2v) is 8.74. The quantitative estimate of drug-likeness (QED) is 0.362. The zero-order valence-electron chi connectivity index (χ0n) is 18.7. The highest BCUT2D eigenvalue weighted by atomic mass is 35.5. The largest absolute Gasteiger partial charge is 0.366 e. The van der Waals surface area contributed by atoms with E-state index >= 15 is 0 Å². The van der Waals surface area contributed by atoms with Gasteiger partial charge in [0.15, 0.2) is 0 Å². The summed E-state index contributed by atoms with van der Waals surface area (Å²) in [6.45, 7) is 6.60. The van der Waals surface area contributed by atoms with Crippen molar-refractivity contribution in [1.82, 2.24) is 4.90 Å². The van der Waals surface area contributed by atoms with Crippen molar-refractivity contribution < 1.29 is 14.5 Å². The van der Waals surface area contributed by atoms with Crippen molar-refractivity contribution in [2.24, 2.45) is 5.92 Å². The van der Waals surface area contributed by atoms with Gasteiger partial charge in [-0.3, -0.25) is 19.7 Å². The molecular formula is C24H27ClN4O4. The highest BCUT2D eigenvalue weighted by Crippen LogP contribution is 2.30. The molecule has 1 N–H and O–H groups in total. The summed E-state index contributed by atoms with van der Waals surface area (Å²) >= 11 is 6.17. The first-order valence-corrected chi connectivity index (χ1v) is 11.2. The molecule has 1 fully saturated rings. The number of carbonyl (C=O) groups is 2. The zero-order valence-corrected chi connectivity index (χ0v) is 19.4. The summed E-state index contributed by atoms with van der Waals surface area (Å²) in [7, 11) is 0. The van der Waals surface area contributed by atoms with E-state index in [9.17, 15) is 19.7 Å². The van der Waals surface area contributed by atoms with Gasteiger partial charge in [0.1, 0.15) is 0 Å². The molecule has 1 heterocycles. The maximum Gasteiger partial charge on any atom is 0.270 e. The van der Waals surface area contributed by atoms with E-state index in [0.29, 0.717) is 54.8 Å². The molecule has 0 spiro atoms. The van der Waals surface area contributed by atoms with Gasteiger partial charge in [0.05, 0.1) is 16.3 Å². The zero-order chi connectivity index (χ0) is 24.0. The lowest BCUT2D eigenvalue weighted by Gasteiger charge is -2.37. The van der Waals surface area contributed by atoms with Gasteiger partial charge in [-0.15, -0.1) is 0 Å². The average Bonchev–Trinajstić information content (AvgIpc) is 2.78. The molecule has 174 valence electrons. The maximum atomic E-state index is 12.5. The van der Waals surface area contributed by atoms with E-state index in [-0.39, 0.29) is 17.5 Å². The highest BCUT2D eigenvalue weighted by Gasteiger charge is 2.23. The van der Waals surface area contributed by atoms with Crippen LogP contribution in [-0.4, -0.2) is 47.8 Å². The molecule has 0 radical (unpaired) electrons. The minimum atomic E-state index is -0.480. The number of nitro benzene ring substituents is 1. The topological polar surface area (TPSA) is 95.8 Å². The predicted octanol–water partition coefficient (Wildman–Crippen LogP) is 4.59. The van der Waals surface area contributed by atoms with E-state index in [1.165, 1.54) is 24.3 Å². The third-order valence-electron chi connectivity index (χ3n) is 5.28. The fourth-order valence-corrected chi connectivity index (χ4v) is 3.82. The Kier molecular flexibility index (Phi) is 8.06. The predicted molar refractivity (Wildman–Crippen MR) is 130 cm³/mol. The molecule has 0 bridgehead atoms. The third-order valence-corrected chi connectivity index (χ3v) is 5.52. The number of anilines is 2. The smallest absolute Gasteiger partial charge is 0.270 e. The molecule has 0 aliphatic carbocycles. The van der Waals surface area contributed by atoms with Crippen molar-refractivity contribution in [2.45, 2.75) is 20.3 Å². The van der Waals surface area contributed by atoms with E-state index in [2.05, 4.69) is 10.2 Å². The van der Waals surface area contributed by atoms with Gasteiger partial charge in [-0.1, -0.05) is 37.6 Å². The van der Waals surface area contributed by atoms with E-state index in [1.54, 1.807) is 24.3 Å². The summed E-state index contributed by atoms with van der Waals surface area (Å²) in [5.41, 5.74) is 1.90. The van der Waals surface area contributed by atoms with Crippen LogP contribution in [0.5, 0.6) is 0 Å². The molecule has 8 nitrogen and oxygen atoms in total. The number of hydrogen-bond donors (Lipinski definition) is 1. The lowest BCUT2D eigenvalue weighted by Crippen LogP contribution is -2.49. The maximum absolute atomic E-state index is 12.5. The standard InChI is InChI=1S/C24H27ClN4O4/c1-17(2)14-24(31)28-12-10-27(11-13-28)22-8-7-19(25)16-21(22)26-23(30)9-6-18-4-3-5-20(15-18)29(32)33/h3-9,15-17H,10-14H2,1-2H3,(H,26,30)/b9-6+. The van der Waals surface area contributed by atoms with Crippen molar-refractivity contribution in [1.29, 1.82) is 0 Å². The fraction of sp³-hybridized carbons (Fsp3) is 0.333. The van der Waals surface area contributed by atoms with Crippen LogP contribution in [-0.2, 0) is 9.59 Å². The SMILES string of the molecule is CC(C)CC(=O)N1CCN(c2ccc(Cl)cc2NC(=O)/C=C/c2cccc([N+](=O)[O-])c2)CC1. The van der Waals surface area contributed by atoms with Crippen molar-refractivity contribution in [3.8, 4) is 0 Å². The molecule has 9 heteroatoms. The molecule has 0 aromatic heterocycles. The molecule has 0 unspecified atom stereocenters. The van der Waals surface area contributed by atoms with Crippen molar-refractivity contribution in [3.63, 3.8) is 0 Å². The first-order chi connectivity index (χ1) is 15.7. The van der Waals surface area contributed by atoms with Crippen molar-refractivity contribution in [3.05, 3.63) is 69.2 Å². The summed E-state index contributed by atoms with van der Waals surface area (Å²) < 4.78 is 0. The molecular weight excluding hydrogens is 444 g/mol. The Hall–Kier alpha value is -3.39. The number of carbonyl (C=O) groups excluding carboxylic acids is 2. The van der Waals surface area contributed by atoms with Gasteiger partial charge in [-0.05, 0) is 35.8 Å². The summed E-state index contributed by atoms with van der Waals surface area (Å²) in [5, 5.41) is 14.3. The van der Waals surface area contributed by atoms with Gasteiger partial charge in [0.25, 0.3) is 5.69 Å². The molecule has 1 saturated heterocycles. The summed E-state index contributed by atoms with van der Waals surface area (Å²) in [5.74, 6) is 0.111. The number of rotatable bonds is 7. The van der Waals surface area contributed by atoms with Crippen molar-refractivity contribution >= 4 is 46.6 Å². The molecule has 2 aromatic carbocycles. The molecule has 1 aliphatic heterocycles. The van der Waals surface area contributed by atoms with Crippen LogP contribution >= 0.6 is 11.6 Å².